The fourth-order valence-corrected chi connectivity index (χ4v) is 2.55. The fourth-order valence-electron chi connectivity index (χ4n) is 2.55. The van der Waals surface area contributed by atoms with Gasteiger partial charge in [0.2, 0.25) is 0 Å². The van der Waals surface area contributed by atoms with Crippen molar-refractivity contribution < 1.29 is 9.53 Å². The number of carbonyl (C=O) groups is 1. The minimum Gasteiger partial charge on any atom is -0.449 e. The summed E-state index contributed by atoms with van der Waals surface area (Å²) in [7, 11) is 0. The minimum atomic E-state index is -0.158. The highest BCUT2D eigenvalue weighted by Gasteiger charge is 2.32. The lowest BCUT2D eigenvalue weighted by Crippen LogP contribution is -2.51. The zero-order valence-electron chi connectivity index (χ0n) is 9.15. The van der Waals surface area contributed by atoms with Gasteiger partial charge in [-0.3, -0.25) is 0 Å². The first-order chi connectivity index (χ1) is 7.29. The second kappa shape index (κ2) is 4.84. The van der Waals surface area contributed by atoms with Crippen LogP contribution < -0.4 is 5.73 Å². The first kappa shape index (κ1) is 10.7. The van der Waals surface area contributed by atoms with Crippen LogP contribution in [0, 0.1) is 0 Å². The van der Waals surface area contributed by atoms with E-state index in [9.17, 15) is 4.79 Å². The summed E-state index contributed by atoms with van der Waals surface area (Å²) < 4.78 is 5.15. The molecule has 1 aliphatic carbocycles. The number of ether oxygens (including phenoxy) is 1. The average Bonchev–Trinajstić information content (AvgIpc) is 2.44. The van der Waals surface area contributed by atoms with Gasteiger partial charge in [-0.25, -0.2) is 4.79 Å². The van der Waals surface area contributed by atoms with Crippen molar-refractivity contribution >= 4 is 6.09 Å². The third-order valence-corrected chi connectivity index (χ3v) is 3.44. The molecule has 4 heteroatoms. The molecule has 0 bridgehead atoms. The summed E-state index contributed by atoms with van der Waals surface area (Å²) >= 11 is 0. The highest BCUT2D eigenvalue weighted by Crippen LogP contribution is 2.23. The Morgan fingerprint density at radius 1 is 1.20 bits per heavy atom. The van der Waals surface area contributed by atoms with Gasteiger partial charge in [-0.2, -0.15) is 0 Å². The summed E-state index contributed by atoms with van der Waals surface area (Å²) in [5, 5.41) is 0. The van der Waals surface area contributed by atoms with Gasteiger partial charge in [0.15, 0.2) is 0 Å². The number of rotatable bonds is 1. The Balaban J connectivity index is 2.02. The molecular formula is C11H20N2O2. The number of nitrogens with two attached hydrogens (primary N) is 1. The van der Waals surface area contributed by atoms with Gasteiger partial charge in [0.05, 0.1) is 12.6 Å². The van der Waals surface area contributed by atoms with Gasteiger partial charge >= 0.3 is 6.09 Å². The first-order valence-electron chi connectivity index (χ1n) is 5.98. The molecule has 0 aromatic rings. The smallest absolute Gasteiger partial charge is 0.410 e. The van der Waals surface area contributed by atoms with Crippen LogP contribution in [0.5, 0.6) is 0 Å². The van der Waals surface area contributed by atoms with Crippen molar-refractivity contribution in [3.05, 3.63) is 0 Å². The zero-order valence-corrected chi connectivity index (χ0v) is 9.15. The highest BCUT2D eigenvalue weighted by molar-refractivity contribution is 5.68. The Labute approximate surface area is 90.8 Å². The average molecular weight is 212 g/mol. The van der Waals surface area contributed by atoms with Crippen molar-refractivity contribution in [3.8, 4) is 0 Å². The van der Waals surface area contributed by atoms with Crippen LogP contribution in [0.1, 0.15) is 38.5 Å². The van der Waals surface area contributed by atoms with E-state index in [0.717, 1.165) is 32.2 Å². The Morgan fingerprint density at radius 3 is 2.80 bits per heavy atom. The Morgan fingerprint density at radius 2 is 2.00 bits per heavy atom. The van der Waals surface area contributed by atoms with E-state index >= 15 is 0 Å². The lowest BCUT2D eigenvalue weighted by molar-refractivity contribution is 0.0855. The molecule has 0 aromatic carbocycles. The van der Waals surface area contributed by atoms with Gasteiger partial charge in [0.1, 0.15) is 0 Å². The summed E-state index contributed by atoms with van der Waals surface area (Å²) in [6.07, 6.45) is 6.31. The molecule has 1 aliphatic heterocycles. The van der Waals surface area contributed by atoms with Gasteiger partial charge < -0.3 is 15.4 Å². The zero-order chi connectivity index (χ0) is 10.7. The molecule has 2 N–H and O–H groups in total. The second-order valence-corrected chi connectivity index (χ2v) is 4.53. The maximum absolute atomic E-state index is 11.7. The summed E-state index contributed by atoms with van der Waals surface area (Å²) in [5.74, 6) is 0. The van der Waals surface area contributed by atoms with Crippen molar-refractivity contribution in [2.75, 3.05) is 13.2 Å². The number of nitrogens with zero attached hydrogens (tertiary/aromatic N) is 1. The molecule has 1 amide bonds. The highest BCUT2D eigenvalue weighted by atomic mass is 16.6. The summed E-state index contributed by atoms with van der Waals surface area (Å²) in [6, 6.07) is 0.355. The monoisotopic (exact) mass is 212 g/mol. The molecule has 4 nitrogen and oxygen atoms in total. The van der Waals surface area contributed by atoms with E-state index < -0.39 is 0 Å². The predicted molar refractivity (Wildman–Crippen MR) is 57.5 cm³/mol. The van der Waals surface area contributed by atoms with Crippen LogP contribution in [0.4, 0.5) is 4.79 Å². The molecule has 2 aliphatic rings. The number of cyclic esters (lactones) is 1. The fraction of sp³-hybridized carbons (Fsp3) is 0.909. The molecule has 2 atom stereocenters. The molecule has 0 aromatic heterocycles. The van der Waals surface area contributed by atoms with Crippen LogP contribution in [-0.4, -0.2) is 36.2 Å². The van der Waals surface area contributed by atoms with E-state index in [1.165, 1.54) is 12.8 Å². The molecular weight excluding hydrogens is 192 g/mol. The van der Waals surface area contributed by atoms with Crippen LogP contribution in [0.3, 0.4) is 0 Å². The van der Waals surface area contributed by atoms with Crippen LogP contribution in [-0.2, 0) is 4.74 Å². The predicted octanol–water partition coefficient (Wildman–Crippen LogP) is 1.49. The van der Waals surface area contributed by atoms with E-state index in [1.54, 1.807) is 0 Å². The Hall–Kier alpha value is -0.770. The Bertz CT molecular complexity index is 233. The maximum Gasteiger partial charge on any atom is 0.410 e. The standard InChI is InChI=1S/C11H20N2O2/c12-9-5-1-2-6-10(9)13-7-3-4-8-15-11(13)14/h9-10H,1-8,12H2/t9-,10-/m1/s1. The van der Waals surface area contributed by atoms with Crippen LogP contribution >= 0.6 is 0 Å². The number of hydrogen-bond donors (Lipinski definition) is 1. The van der Waals surface area contributed by atoms with Crippen molar-refractivity contribution in [1.82, 2.24) is 4.90 Å². The lowest BCUT2D eigenvalue weighted by atomic mass is 9.90. The van der Waals surface area contributed by atoms with Gasteiger partial charge in [0.25, 0.3) is 0 Å². The van der Waals surface area contributed by atoms with Crippen molar-refractivity contribution in [2.45, 2.75) is 50.6 Å². The van der Waals surface area contributed by atoms with Gasteiger partial charge in [-0.1, -0.05) is 12.8 Å². The molecule has 15 heavy (non-hydrogen) atoms. The third kappa shape index (κ3) is 2.43. The number of amides is 1. The van der Waals surface area contributed by atoms with Crippen molar-refractivity contribution in [3.63, 3.8) is 0 Å². The summed E-state index contributed by atoms with van der Waals surface area (Å²) in [4.78, 5) is 13.6. The van der Waals surface area contributed by atoms with E-state index in [1.807, 2.05) is 4.90 Å². The molecule has 1 saturated carbocycles. The summed E-state index contributed by atoms with van der Waals surface area (Å²) in [6.45, 7) is 1.38. The molecule has 0 radical (unpaired) electrons. The van der Waals surface area contributed by atoms with E-state index in [0.29, 0.717) is 6.61 Å². The second-order valence-electron chi connectivity index (χ2n) is 4.53. The van der Waals surface area contributed by atoms with Crippen molar-refractivity contribution in [1.29, 1.82) is 0 Å². The largest absolute Gasteiger partial charge is 0.449 e. The maximum atomic E-state index is 11.7. The SMILES string of the molecule is N[C@@H]1CCCC[C@H]1N1CCCCOC1=O. The normalized spacial score (nSPS) is 33.4. The molecule has 1 heterocycles. The van der Waals surface area contributed by atoms with E-state index in [4.69, 9.17) is 10.5 Å². The topological polar surface area (TPSA) is 55.6 Å². The molecule has 86 valence electrons. The molecule has 0 unspecified atom stereocenters. The number of hydrogen-bond acceptors (Lipinski definition) is 3. The molecule has 0 spiro atoms. The number of carbonyl (C=O) groups excluding carboxylic acids is 1. The van der Waals surface area contributed by atoms with Crippen LogP contribution in [0.15, 0.2) is 0 Å². The van der Waals surface area contributed by atoms with Crippen LogP contribution in [0.2, 0.25) is 0 Å². The molecule has 2 rings (SSSR count). The van der Waals surface area contributed by atoms with Gasteiger partial charge in [-0.05, 0) is 25.7 Å². The first-order valence-corrected chi connectivity index (χ1v) is 5.98. The van der Waals surface area contributed by atoms with E-state index in [-0.39, 0.29) is 18.2 Å². The van der Waals surface area contributed by atoms with Gasteiger partial charge in [-0.15, -0.1) is 0 Å². The van der Waals surface area contributed by atoms with Crippen LogP contribution in [0.25, 0.3) is 0 Å². The lowest BCUT2D eigenvalue weighted by Gasteiger charge is -2.36. The quantitative estimate of drug-likeness (QED) is 0.716. The van der Waals surface area contributed by atoms with Gasteiger partial charge in [0, 0.05) is 12.6 Å². The third-order valence-electron chi connectivity index (χ3n) is 3.44. The molecule has 1 saturated heterocycles. The summed E-state index contributed by atoms with van der Waals surface area (Å²) in [5.41, 5.74) is 6.07. The van der Waals surface area contributed by atoms with E-state index in [2.05, 4.69) is 0 Å². The molecule has 2 fully saturated rings. The van der Waals surface area contributed by atoms with Crippen molar-refractivity contribution in [2.24, 2.45) is 5.73 Å². The Kier molecular flexibility index (Phi) is 3.46. The minimum absolute atomic E-state index is 0.143.